The van der Waals surface area contributed by atoms with E-state index in [9.17, 15) is 0 Å². The van der Waals surface area contributed by atoms with E-state index in [1.807, 2.05) is 19.1 Å². The van der Waals surface area contributed by atoms with E-state index in [0.29, 0.717) is 26.2 Å². The quantitative estimate of drug-likeness (QED) is 0.490. The summed E-state index contributed by atoms with van der Waals surface area (Å²) in [6, 6.07) is 11.4. The molecule has 1 aromatic heterocycles. The topological polar surface area (TPSA) is 46.0 Å². The molecule has 2 aromatic carbocycles. The summed E-state index contributed by atoms with van der Waals surface area (Å²) < 4.78 is 1.93. The lowest BCUT2D eigenvalue weighted by atomic mass is 10.1. The lowest BCUT2D eigenvalue weighted by Gasteiger charge is -2.05. The van der Waals surface area contributed by atoms with E-state index in [0.717, 1.165) is 11.1 Å². The van der Waals surface area contributed by atoms with Gasteiger partial charge in [0.15, 0.2) is 5.82 Å². The van der Waals surface area contributed by atoms with Crippen LogP contribution < -0.4 is 0 Å². The summed E-state index contributed by atoms with van der Waals surface area (Å²) >= 11 is 17.5. The van der Waals surface area contributed by atoms with Gasteiger partial charge < -0.3 is 0 Å². The fraction of sp³-hybridized carbons (Fsp3) is 0.118. The lowest BCUT2D eigenvalue weighted by Crippen LogP contribution is -1.97. The van der Waals surface area contributed by atoms with Crippen molar-refractivity contribution >= 4 is 41.6 Å². The Hall–Kier alpha value is -1.95. The molecule has 0 bridgehead atoms. The molecule has 7 heteroatoms. The van der Waals surface area contributed by atoms with Crippen LogP contribution in [0.25, 0.3) is 11.4 Å². The first-order valence-electron chi connectivity index (χ1n) is 7.20. The highest BCUT2D eigenvalue weighted by Gasteiger charge is 2.12. The first kappa shape index (κ1) is 16.9. The molecule has 24 heavy (non-hydrogen) atoms. The molecule has 0 saturated carbocycles. The molecule has 0 spiro atoms. The van der Waals surface area contributed by atoms with Gasteiger partial charge in [-0.15, -0.1) is 0 Å². The second-order valence-electron chi connectivity index (χ2n) is 5.39. The fourth-order valence-corrected chi connectivity index (χ4v) is 3.01. The van der Waals surface area contributed by atoms with Crippen LogP contribution in [0.15, 0.2) is 41.5 Å². The van der Waals surface area contributed by atoms with E-state index >= 15 is 0 Å². The maximum atomic E-state index is 6.27. The van der Waals surface area contributed by atoms with Crippen molar-refractivity contribution in [2.45, 2.75) is 13.8 Å². The Bertz CT molecular complexity index is 988. The molecule has 3 rings (SSSR count). The van der Waals surface area contributed by atoms with E-state index in [1.54, 1.807) is 29.1 Å². The molecule has 0 amide bonds. The van der Waals surface area contributed by atoms with Crippen LogP contribution in [0.2, 0.25) is 10.0 Å². The zero-order valence-corrected chi connectivity index (χ0v) is 15.4. The van der Waals surface area contributed by atoms with Crippen molar-refractivity contribution in [3.05, 3.63) is 67.9 Å². The number of aromatic nitrogens is 3. The SMILES string of the molecule is Cc1ccc(/C=N\n2c(-c3ccc(Cl)cc3Cl)n[nH]c2=S)c(C)c1. The highest BCUT2D eigenvalue weighted by molar-refractivity contribution is 7.71. The molecule has 122 valence electrons. The average molecular weight is 377 g/mol. The fourth-order valence-electron chi connectivity index (χ4n) is 2.33. The van der Waals surface area contributed by atoms with Gasteiger partial charge >= 0.3 is 0 Å². The van der Waals surface area contributed by atoms with E-state index in [4.69, 9.17) is 35.4 Å². The number of H-pyrrole nitrogens is 1. The molecular formula is C17H14Cl2N4S. The van der Waals surface area contributed by atoms with Crippen LogP contribution in [-0.4, -0.2) is 21.1 Å². The summed E-state index contributed by atoms with van der Waals surface area (Å²) in [6.45, 7) is 4.10. The van der Waals surface area contributed by atoms with Crippen LogP contribution in [0.3, 0.4) is 0 Å². The van der Waals surface area contributed by atoms with Gasteiger partial charge in [-0.1, -0.05) is 47.0 Å². The van der Waals surface area contributed by atoms with Gasteiger partial charge in [0.2, 0.25) is 4.77 Å². The number of hydrogen-bond acceptors (Lipinski definition) is 3. The average Bonchev–Trinajstić information content (AvgIpc) is 2.87. The Morgan fingerprint density at radius 1 is 1.17 bits per heavy atom. The van der Waals surface area contributed by atoms with Crippen LogP contribution in [-0.2, 0) is 0 Å². The summed E-state index contributed by atoms with van der Waals surface area (Å²) in [4.78, 5) is 0. The third kappa shape index (κ3) is 3.43. The first-order chi connectivity index (χ1) is 11.5. The Labute approximate surface area is 154 Å². The standard InChI is InChI=1S/C17H14Cl2N4S/c1-10-3-4-12(11(2)7-10)9-20-23-16(21-22-17(23)24)14-6-5-13(18)8-15(14)19/h3-9H,1-2H3,(H,22,24)/b20-9-. The molecule has 1 heterocycles. The third-order valence-corrected chi connectivity index (χ3v) is 4.37. The van der Waals surface area contributed by atoms with Crippen molar-refractivity contribution in [2.75, 3.05) is 0 Å². The molecule has 0 unspecified atom stereocenters. The molecule has 0 aliphatic rings. The predicted molar refractivity (Wildman–Crippen MR) is 102 cm³/mol. The number of nitrogens with zero attached hydrogens (tertiary/aromatic N) is 3. The Balaban J connectivity index is 2.05. The number of rotatable bonds is 3. The normalized spacial score (nSPS) is 11.3. The molecule has 0 aliphatic carbocycles. The van der Waals surface area contributed by atoms with E-state index in [2.05, 4.69) is 28.3 Å². The molecule has 0 aliphatic heterocycles. The van der Waals surface area contributed by atoms with Crippen molar-refractivity contribution in [1.82, 2.24) is 14.9 Å². The van der Waals surface area contributed by atoms with Crippen LogP contribution in [0.4, 0.5) is 0 Å². The van der Waals surface area contributed by atoms with Gasteiger partial charge in [-0.3, -0.25) is 0 Å². The molecule has 3 aromatic rings. The monoisotopic (exact) mass is 376 g/mol. The van der Waals surface area contributed by atoms with Gasteiger partial charge in [-0.05, 0) is 55.4 Å². The minimum absolute atomic E-state index is 0.386. The number of benzene rings is 2. The van der Waals surface area contributed by atoms with Crippen molar-refractivity contribution in [3.63, 3.8) is 0 Å². The Kier molecular flexibility index (Phi) is 4.85. The molecule has 0 saturated heterocycles. The highest BCUT2D eigenvalue weighted by Crippen LogP contribution is 2.29. The summed E-state index contributed by atoms with van der Waals surface area (Å²) in [5.74, 6) is 0.530. The summed E-state index contributed by atoms with van der Waals surface area (Å²) in [5, 5.41) is 12.5. The van der Waals surface area contributed by atoms with Gasteiger partial charge in [0.05, 0.1) is 11.2 Å². The number of nitrogens with one attached hydrogen (secondary N) is 1. The maximum Gasteiger partial charge on any atom is 0.216 e. The predicted octanol–water partition coefficient (Wildman–Crippen LogP) is 5.41. The molecule has 0 fully saturated rings. The summed E-state index contributed by atoms with van der Waals surface area (Å²) in [6.07, 6.45) is 1.76. The van der Waals surface area contributed by atoms with E-state index in [-0.39, 0.29) is 0 Å². The molecule has 4 nitrogen and oxygen atoms in total. The van der Waals surface area contributed by atoms with Gasteiger partial charge in [0.25, 0.3) is 0 Å². The minimum atomic E-state index is 0.386. The zero-order valence-electron chi connectivity index (χ0n) is 13.0. The van der Waals surface area contributed by atoms with E-state index < -0.39 is 0 Å². The Morgan fingerprint density at radius 3 is 2.67 bits per heavy atom. The van der Waals surface area contributed by atoms with Crippen molar-refractivity contribution in [3.8, 4) is 11.4 Å². The second-order valence-corrected chi connectivity index (χ2v) is 6.62. The number of halogens is 2. The van der Waals surface area contributed by atoms with Gasteiger partial charge in [-0.25, -0.2) is 5.10 Å². The van der Waals surface area contributed by atoms with Crippen LogP contribution in [0.5, 0.6) is 0 Å². The number of aryl methyl sites for hydroxylation is 2. The number of hydrogen-bond donors (Lipinski definition) is 1. The molecule has 0 radical (unpaired) electrons. The smallest absolute Gasteiger partial charge is 0.216 e. The zero-order chi connectivity index (χ0) is 17.3. The molecular weight excluding hydrogens is 363 g/mol. The van der Waals surface area contributed by atoms with E-state index in [1.165, 1.54) is 5.56 Å². The van der Waals surface area contributed by atoms with Crippen molar-refractivity contribution < 1.29 is 0 Å². The maximum absolute atomic E-state index is 6.27. The number of aromatic amines is 1. The summed E-state index contributed by atoms with van der Waals surface area (Å²) in [7, 11) is 0. The van der Waals surface area contributed by atoms with Crippen molar-refractivity contribution in [2.24, 2.45) is 5.10 Å². The van der Waals surface area contributed by atoms with Crippen LogP contribution >= 0.6 is 35.4 Å². The van der Waals surface area contributed by atoms with Gasteiger partial charge in [0, 0.05) is 10.6 Å². The molecule has 1 N–H and O–H groups in total. The van der Waals surface area contributed by atoms with Gasteiger partial charge in [-0.2, -0.15) is 14.9 Å². The highest BCUT2D eigenvalue weighted by atomic mass is 35.5. The first-order valence-corrected chi connectivity index (χ1v) is 8.36. The Morgan fingerprint density at radius 2 is 1.96 bits per heavy atom. The summed E-state index contributed by atoms with van der Waals surface area (Å²) in [5.41, 5.74) is 4.06. The minimum Gasteiger partial charge on any atom is -0.250 e. The van der Waals surface area contributed by atoms with Gasteiger partial charge in [0.1, 0.15) is 0 Å². The molecule has 0 atom stereocenters. The second kappa shape index (κ2) is 6.89. The lowest BCUT2D eigenvalue weighted by molar-refractivity contribution is 0.871. The third-order valence-electron chi connectivity index (χ3n) is 3.56. The van der Waals surface area contributed by atoms with Crippen molar-refractivity contribution in [1.29, 1.82) is 0 Å². The largest absolute Gasteiger partial charge is 0.250 e. The van der Waals surface area contributed by atoms with Crippen LogP contribution in [0, 0.1) is 18.6 Å². The van der Waals surface area contributed by atoms with Crippen LogP contribution in [0.1, 0.15) is 16.7 Å².